The molecule has 0 aromatic heterocycles. The summed E-state index contributed by atoms with van der Waals surface area (Å²) in [5.41, 5.74) is 0.641. The molecule has 1 N–H and O–H groups in total. The van der Waals surface area contributed by atoms with Gasteiger partial charge in [-0.05, 0) is 37.3 Å². The van der Waals surface area contributed by atoms with E-state index >= 15 is 0 Å². The number of ether oxygens (including phenoxy) is 1. The molecule has 1 aliphatic rings. The molecule has 0 unspecified atom stereocenters. The van der Waals surface area contributed by atoms with Crippen LogP contribution in [-0.4, -0.2) is 24.0 Å². The lowest BCUT2D eigenvalue weighted by Crippen LogP contribution is -2.24. The van der Waals surface area contributed by atoms with Gasteiger partial charge in [-0.2, -0.15) is 0 Å². The number of hydrogen-bond donors (Lipinski definition) is 1. The van der Waals surface area contributed by atoms with Crippen LogP contribution in [0, 0.1) is 11.8 Å². The molecule has 2 atom stereocenters. The van der Waals surface area contributed by atoms with Gasteiger partial charge in [0.15, 0.2) is 5.78 Å². The van der Waals surface area contributed by atoms with Crippen molar-refractivity contribution in [3.63, 3.8) is 0 Å². The third-order valence-electron chi connectivity index (χ3n) is 4.00. The largest absolute Gasteiger partial charge is 0.497 e. The van der Waals surface area contributed by atoms with Crippen LogP contribution < -0.4 is 4.74 Å². The maximum Gasteiger partial charge on any atom is 0.306 e. The summed E-state index contributed by atoms with van der Waals surface area (Å²) in [6, 6.07) is 7.12. The highest BCUT2D eigenvalue weighted by Gasteiger charge is 2.28. The summed E-state index contributed by atoms with van der Waals surface area (Å²) >= 11 is 0. The first-order valence-corrected chi connectivity index (χ1v) is 7.00. The van der Waals surface area contributed by atoms with Crippen molar-refractivity contribution in [2.24, 2.45) is 11.8 Å². The Morgan fingerprint density at radius 3 is 2.85 bits per heavy atom. The Kier molecular flexibility index (Phi) is 4.77. The average Bonchev–Trinajstić information content (AvgIpc) is 2.47. The first-order valence-electron chi connectivity index (χ1n) is 7.00. The van der Waals surface area contributed by atoms with Crippen molar-refractivity contribution in [1.82, 2.24) is 0 Å². The summed E-state index contributed by atoms with van der Waals surface area (Å²) in [4.78, 5) is 23.3. The summed E-state index contributed by atoms with van der Waals surface area (Å²) in [6.07, 6.45) is 3.62. The fourth-order valence-corrected chi connectivity index (χ4v) is 2.88. The number of carbonyl (C=O) groups excluding carboxylic acids is 1. The molecule has 1 fully saturated rings. The molecule has 4 heteroatoms. The Morgan fingerprint density at radius 2 is 2.15 bits per heavy atom. The molecule has 0 radical (unpaired) electrons. The van der Waals surface area contributed by atoms with Crippen LogP contribution >= 0.6 is 0 Å². The van der Waals surface area contributed by atoms with Crippen molar-refractivity contribution in [3.05, 3.63) is 29.8 Å². The van der Waals surface area contributed by atoms with Crippen LogP contribution in [0.4, 0.5) is 0 Å². The van der Waals surface area contributed by atoms with Gasteiger partial charge in [-0.15, -0.1) is 0 Å². The van der Waals surface area contributed by atoms with E-state index in [9.17, 15) is 9.59 Å². The highest BCUT2D eigenvalue weighted by molar-refractivity contribution is 5.96. The fraction of sp³-hybridized carbons (Fsp3) is 0.500. The lowest BCUT2D eigenvalue weighted by Gasteiger charge is -2.26. The van der Waals surface area contributed by atoms with Crippen LogP contribution in [-0.2, 0) is 4.79 Å². The van der Waals surface area contributed by atoms with Crippen LogP contribution in [0.25, 0.3) is 0 Å². The molecule has 20 heavy (non-hydrogen) atoms. The maximum absolute atomic E-state index is 12.3. The van der Waals surface area contributed by atoms with Gasteiger partial charge in [0.1, 0.15) is 5.75 Å². The number of methoxy groups -OCH3 is 1. The monoisotopic (exact) mass is 276 g/mol. The van der Waals surface area contributed by atoms with Crippen molar-refractivity contribution in [2.75, 3.05) is 7.11 Å². The summed E-state index contributed by atoms with van der Waals surface area (Å²) < 4.78 is 5.11. The topological polar surface area (TPSA) is 63.6 Å². The molecule has 108 valence electrons. The zero-order valence-electron chi connectivity index (χ0n) is 11.7. The van der Waals surface area contributed by atoms with Crippen LogP contribution in [0.15, 0.2) is 24.3 Å². The molecule has 4 nitrogen and oxygen atoms in total. The van der Waals surface area contributed by atoms with Gasteiger partial charge >= 0.3 is 5.97 Å². The minimum absolute atomic E-state index is 0.0694. The second kappa shape index (κ2) is 6.55. The Hall–Kier alpha value is -1.84. The zero-order valence-corrected chi connectivity index (χ0v) is 11.7. The van der Waals surface area contributed by atoms with E-state index in [1.54, 1.807) is 31.4 Å². The van der Waals surface area contributed by atoms with Gasteiger partial charge in [0.2, 0.25) is 0 Å². The number of rotatable bonds is 5. The summed E-state index contributed by atoms with van der Waals surface area (Å²) in [7, 11) is 1.57. The van der Waals surface area contributed by atoms with E-state index in [1.165, 1.54) is 0 Å². The number of carbonyl (C=O) groups is 2. The Morgan fingerprint density at radius 1 is 1.35 bits per heavy atom. The molecule has 1 aromatic carbocycles. The third-order valence-corrected chi connectivity index (χ3v) is 4.00. The summed E-state index contributed by atoms with van der Waals surface area (Å²) in [6.45, 7) is 0. The number of benzene rings is 1. The van der Waals surface area contributed by atoms with Crippen LogP contribution in [0.3, 0.4) is 0 Å². The predicted octanol–water partition coefficient (Wildman–Crippen LogP) is 3.16. The van der Waals surface area contributed by atoms with Crippen molar-refractivity contribution >= 4 is 11.8 Å². The van der Waals surface area contributed by atoms with Crippen molar-refractivity contribution in [1.29, 1.82) is 0 Å². The molecule has 1 saturated carbocycles. The van der Waals surface area contributed by atoms with E-state index in [0.29, 0.717) is 24.2 Å². The van der Waals surface area contributed by atoms with Crippen LogP contribution in [0.1, 0.15) is 42.5 Å². The highest BCUT2D eigenvalue weighted by Crippen LogP contribution is 2.32. The molecule has 0 heterocycles. The number of aliphatic carboxylic acids is 1. The second-order valence-electron chi connectivity index (χ2n) is 5.43. The average molecular weight is 276 g/mol. The highest BCUT2D eigenvalue weighted by atomic mass is 16.5. The van der Waals surface area contributed by atoms with Crippen molar-refractivity contribution < 1.29 is 19.4 Å². The predicted molar refractivity (Wildman–Crippen MR) is 75.0 cm³/mol. The lowest BCUT2D eigenvalue weighted by molar-refractivity contribution is -0.143. The first-order chi connectivity index (χ1) is 9.60. The number of hydrogen-bond acceptors (Lipinski definition) is 3. The maximum atomic E-state index is 12.3. The van der Waals surface area contributed by atoms with Gasteiger partial charge < -0.3 is 9.84 Å². The molecule has 0 amide bonds. The minimum Gasteiger partial charge on any atom is -0.497 e. The van der Waals surface area contributed by atoms with Gasteiger partial charge in [-0.1, -0.05) is 18.6 Å². The van der Waals surface area contributed by atoms with E-state index in [1.807, 2.05) is 0 Å². The van der Waals surface area contributed by atoms with Gasteiger partial charge in [0, 0.05) is 12.0 Å². The normalized spacial score (nSPS) is 22.2. The number of carboxylic acid groups (broad SMARTS) is 1. The Labute approximate surface area is 118 Å². The van der Waals surface area contributed by atoms with E-state index < -0.39 is 5.97 Å². The molecule has 0 saturated heterocycles. The number of carboxylic acids is 1. The van der Waals surface area contributed by atoms with E-state index in [4.69, 9.17) is 9.84 Å². The first kappa shape index (κ1) is 14.6. The van der Waals surface area contributed by atoms with Crippen molar-refractivity contribution in [3.8, 4) is 5.75 Å². The second-order valence-corrected chi connectivity index (χ2v) is 5.43. The van der Waals surface area contributed by atoms with E-state index in [0.717, 1.165) is 19.3 Å². The third kappa shape index (κ3) is 3.59. The molecule has 0 spiro atoms. The van der Waals surface area contributed by atoms with Gasteiger partial charge in [0.05, 0.1) is 13.0 Å². The van der Waals surface area contributed by atoms with Gasteiger partial charge in [0.25, 0.3) is 0 Å². The van der Waals surface area contributed by atoms with Crippen molar-refractivity contribution in [2.45, 2.75) is 32.1 Å². The SMILES string of the molecule is COc1cccc(C(=O)C[C@@H]2CCC[C@H](C(=O)O)C2)c1. The van der Waals surface area contributed by atoms with Crippen LogP contribution in [0.2, 0.25) is 0 Å². The lowest BCUT2D eigenvalue weighted by atomic mass is 9.78. The van der Waals surface area contributed by atoms with Gasteiger partial charge in [-0.25, -0.2) is 0 Å². The zero-order chi connectivity index (χ0) is 14.5. The molecular weight excluding hydrogens is 256 g/mol. The molecule has 0 bridgehead atoms. The number of ketones is 1. The smallest absolute Gasteiger partial charge is 0.306 e. The summed E-state index contributed by atoms with van der Waals surface area (Å²) in [5.74, 6) is -0.0956. The quantitative estimate of drug-likeness (QED) is 0.839. The number of Topliss-reactive ketones (excluding diaryl/α,β-unsaturated/α-hetero) is 1. The Balaban J connectivity index is 1.98. The van der Waals surface area contributed by atoms with Crippen LogP contribution in [0.5, 0.6) is 5.75 Å². The molecule has 1 aromatic rings. The standard InChI is InChI=1S/C16H20O4/c1-20-14-7-3-5-12(10-14)15(17)9-11-4-2-6-13(8-11)16(18)19/h3,5,7,10-11,13H,2,4,6,8-9H2,1H3,(H,18,19)/t11-,13+/m1/s1. The molecule has 1 aliphatic carbocycles. The van der Waals surface area contributed by atoms with Gasteiger partial charge in [-0.3, -0.25) is 9.59 Å². The minimum atomic E-state index is -0.733. The molecule has 2 rings (SSSR count). The Bertz CT molecular complexity index is 495. The fourth-order valence-electron chi connectivity index (χ4n) is 2.88. The van der Waals surface area contributed by atoms with E-state index in [2.05, 4.69) is 0 Å². The van der Waals surface area contributed by atoms with E-state index in [-0.39, 0.29) is 17.6 Å². The molecular formula is C16H20O4. The summed E-state index contributed by atoms with van der Waals surface area (Å²) in [5, 5.41) is 9.07. The molecule has 0 aliphatic heterocycles.